The molecule has 0 saturated heterocycles. The van der Waals surface area contributed by atoms with E-state index in [1.165, 1.54) is 16.8 Å². The van der Waals surface area contributed by atoms with Gasteiger partial charge in [-0.2, -0.15) is 0 Å². The van der Waals surface area contributed by atoms with Gasteiger partial charge in [0.15, 0.2) is 11.5 Å². The van der Waals surface area contributed by atoms with Crippen LogP contribution in [0, 0.1) is 5.82 Å². The molecule has 0 unspecified atom stereocenters. The number of hydrogen-bond acceptors (Lipinski definition) is 3. The molecule has 4 nitrogen and oxygen atoms in total. The van der Waals surface area contributed by atoms with Gasteiger partial charge in [-0.15, -0.1) is 0 Å². The van der Waals surface area contributed by atoms with Gasteiger partial charge in [0.1, 0.15) is 0 Å². The van der Waals surface area contributed by atoms with Gasteiger partial charge in [0.05, 0.1) is 13.2 Å². The molecule has 0 aromatic carbocycles. The third kappa shape index (κ3) is 2.79. The first-order valence-electron chi connectivity index (χ1n) is 4.71. The topological polar surface area (TPSA) is 40.5 Å². The van der Waals surface area contributed by atoms with Crippen LogP contribution in [-0.2, 0) is 16.0 Å². The first-order valence-corrected chi connectivity index (χ1v) is 4.71. The van der Waals surface area contributed by atoms with E-state index in [0.29, 0.717) is 13.2 Å². The van der Waals surface area contributed by atoms with Crippen molar-refractivity contribution in [2.24, 2.45) is 0 Å². The highest BCUT2D eigenvalue weighted by atomic mass is 19.1. The molecular formula is C10H14FNO3. The molecular weight excluding hydrogens is 201 g/mol. The van der Waals surface area contributed by atoms with Crippen LogP contribution >= 0.6 is 0 Å². The largest absolute Gasteiger partial charge is 0.461 e. The van der Waals surface area contributed by atoms with Gasteiger partial charge in [0.25, 0.3) is 0 Å². The van der Waals surface area contributed by atoms with Crippen LogP contribution in [0.25, 0.3) is 0 Å². The maximum atomic E-state index is 13.2. The van der Waals surface area contributed by atoms with Crippen molar-refractivity contribution in [3.8, 4) is 0 Å². The van der Waals surface area contributed by atoms with Gasteiger partial charge in [-0.1, -0.05) is 0 Å². The van der Waals surface area contributed by atoms with E-state index in [2.05, 4.69) is 0 Å². The molecule has 0 bridgehead atoms. The van der Waals surface area contributed by atoms with Crippen LogP contribution in [0.15, 0.2) is 12.3 Å². The van der Waals surface area contributed by atoms with E-state index in [0.717, 1.165) is 0 Å². The van der Waals surface area contributed by atoms with E-state index >= 15 is 0 Å². The predicted molar refractivity (Wildman–Crippen MR) is 52.2 cm³/mol. The number of rotatable bonds is 5. The number of esters is 1. The first-order chi connectivity index (χ1) is 7.20. The zero-order chi connectivity index (χ0) is 11.3. The lowest BCUT2D eigenvalue weighted by molar-refractivity contribution is 0.0506. The summed E-state index contributed by atoms with van der Waals surface area (Å²) >= 11 is 0. The summed E-state index contributed by atoms with van der Waals surface area (Å²) in [5.41, 5.74) is -0.0473. The van der Waals surface area contributed by atoms with E-state index in [1.54, 1.807) is 14.0 Å². The lowest BCUT2D eigenvalue weighted by Crippen LogP contribution is -2.15. The Labute approximate surface area is 87.6 Å². The molecule has 0 aliphatic heterocycles. The molecule has 1 aromatic rings. The van der Waals surface area contributed by atoms with Crippen molar-refractivity contribution < 1.29 is 18.7 Å². The van der Waals surface area contributed by atoms with Crippen LogP contribution in [0.1, 0.15) is 17.4 Å². The molecule has 0 amide bonds. The Balaban J connectivity index is 2.83. The summed E-state index contributed by atoms with van der Waals surface area (Å²) in [6, 6.07) is 1.24. The quantitative estimate of drug-likeness (QED) is 0.698. The summed E-state index contributed by atoms with van der Waals surface area (Å²) in [6.45, 7) is 2.75. The van der Waals surface area contributed by atoms with Gasteiger partial charge < -0.3 is 14.0 Å². The Bertz CT molecular complexity index is 335. The van der Waals surface area contributed by atoms with E-state index in [4.69, 9.17) is 9.47 Å². The third-order valence-corrected chi connectivity index (χ3v) is 1.92. The van der Waals surface area contributed by atoms with Crippen LogP contribution in [0.2, 0.25) is 0 Å². The van der Waals surface area contributed by atoms with Crippen LogP contribution in [0.5, 0.6) is 0 Å². The molecule has 0 atom stereocenters. The molecule has 0 aliphatic carbocycles. The number of hydrogen-bond donors (Lipinski definition) is 0. The summed E-state index contributed by atoms with van der Waals surface area (Å²) < 4.78 is 24.3. The number of methoxy groups -OCH3 is 1. The van der Waals surface area contributed by atoms with E-state index in [-0.39, 0.29) is 12.3 Å². The molecule has 0 N–H and O–H groups in total. The number of carbonyl (C=O) groups excluding carboxylic acids is 1. The Morgan fingerprint density at radius 1 is 1.60 bits per heavy atom. The van der Waals surface area contributed by atoms with E-state index < -0.39 is 11.8 Å². The number of halogens is 1. The Kier molecular flexibility index (Phi) is 4.30. The highest BCUT2D eigenvalue weighted by Crippen LogP contribution is 2.10. The van der Waals surface area contributed by atoms with Gasteiger partial charge in [-0.05, 0) is 13.0 Å². The van der Waals surface area contributed by atoms with Crippen molar-refractivity contribution in [2.75, 3.05) is 20.3 Å². The standard InChI is InChI=1S/C10H14FNO3/c1-3-15-10(13)9-8(11)4-5-12(9)6-7-14-2/h4-5H,3,6-7H2,1-2H3. The molecule has 84 valence electrons. The Hall–Kier alpha value is -1.36. The monoisotopic (exact) mass is 215 g/mol. The van der Waals surface area contributed by atoms with Crippen molar-refractivity contribution in [1.29, 1.82) is 0 Å². The normalized spacial score (nSPS) is 10.3. The van der Waals surface area contributed by atoms with Crippen LogP contribution in [0.4, 0.5) is 4.39 Å². The van der Waals surface area contributed by atoms with Crippen LogP contribution in [-0.4, -0.2) is 30.9 Å². The molecule has 1 rings (SSSR count). The molecule has 0 fully saturated rings. The van der Waals surface area contributed by atoms with Crippen LogP contribution < -0.4 is 0 Å². The molecule has 0 aliphatic rings. The van der Waals surface area contributed by atoms with Crippen molar-refractivity contribution in [3.63, 3.8) is 0 Å². The highest BCUT2D eigenvalue weighted by molar-refractivity contribution is 5.88. The lowest BCUT2D eigenvalue weighted by Gasteiger charge is -2.07. The minimum absolute atomic E-state index is 0.0473. The average Bonchev–Trinajstić information content (AvgIpc) is 2.57. The zero-order valence-electron chi connectivity index (χ0n) is 8.83. The van der Waals surface area contributed by atoms with E-state index in [9.17, 15) is 9.18 Å². The van der Waals surface area contributed by atoms with Gasteiger partial charge in [-0.25, -0.2) is 9.18 Å². The molecule has 0 saturated carbocycles. The Morgan fingerprint density at radius 3 is 2.93 bits per heavy atom. The second-order valence-electron chi connectivity index (χ2n) is 2.92. The maximum Gasteiger partial charge on any atom is 0.358 e. The van der Waals surface area contributed by atoms with E-state index in [1.807, 2.05) is 0 Å². The molecule has 1 heterocycles. The summed E-state index contributed by atoms with van der Waals surface area (Å²) in [6.07, 6.45) is 1.50. The fourth-order valence-electron chi connectivity index (χ4n) is 1.24. The van der Waals surface area contributed by atoms with Gasteiger partial charge >= 0.3 is 5.97 Å². The molecule has 0 spiro atoms. The third-order valence-electron chi connectivity index (χ3n) is 1.92. The zero-order valence-corrected chi connectivity index (χ0v) is 8.83. The fraction of sp³-hybridized carbons (Fsp3) is 0.500. The summed E-state index contributed by atoms with van der Waals surface area (Å²) in [5.74, 6) is -1.21. The number of carbonyl (C=O) groups is 1. The van der Waals surface area contributed by atoms with Crippen LogP contribution in [0.3, 0.4) is 0 Å². The SMILES string of the molecule is CCOC(=O)c1c(F)ccn1CCOC. The minimum atomic E-state index is -0.642. The molecule has 15 heavy (non-hydrogen) atoms. The first kappa shape index (κ1) is 11.7. The highest BCUT2D eigenvalue weighted by Gasteiger charge is 2.17. The Morgan fingerprint density at radius 2 is 2.33 bits per heavy atom. The van der Waals surface area contributed by atoms with Crippen molar-refractivity contribution in [2.45, 2.75) is 13.5 Å². The average molecular weight is 215 g/mol. The number of nitrogens with zero attached hydrogens (tertiary/aromatic N) is 1. The summed E-state index contributed by atoms with van der Waals surface area (Å²) in [4.78, 5) is 11.4. The summed E-state index contributed by atoms with van der Waals surface area (Å²) in [7, 11) is 1.55. The van der Waals surface area contributed by atoms with Gasteiger partial charge in [-0.3, -0.25) is 0 Å². The lowest BCUT2D eigenvalue weighted by atomic mass is 10.4. The number of aromatic nitrogens is 1. The van der Waals surface area contributed by atoms with Crippen molar-refractivity contribution >= 4 is 5.97 Å². The molecule has 0 radical (unpaired) electrons. The maximum absolute atomic E-state index is 13.2. The minimum Gasteiger partial charge on any atom is -0.461 e. The molecule has 1 aromatic heterocycles. The predicted octanol–water partition coefficient (Wildman–Crippen LogP) is 1.45. The second-order valence-corrected chi connectivity index (χ2v) is 2.92. The van der Waals surface area contributed by atoms with Gasteiger partial charge in [0.2, 0.25) is 0 Å². The number of ether oxygens (including phenoxy) is 2. The smallest absolute Gasteiger partial charge is 0.358 e. The van der Waals surface area contributed by atoms with Gasteiger partial charge in [0, 0.05) is 19.9 Å². The van der Waals surface area contributed by atoms with Crippen molar-refractivity contribution in [3.05, 3.63) is 23.8 Å². The molecule has 5 heteroatoms. The van der Waals surface area contributed by atoms with Crippen molar-refractivity contribution in [1.82, 2.24) is 4.57 Å². The second kappa shape index (κ2) is 5.50. The fourth-order valence-corrected chi connectivity index (χ4v) is 1.24. The summed E-state index contributed by atoms with van der Waals surface area (Å²) in [5, 5.41) is 0.